The number of hydrogen-bond donors (Lipinski definition) is 3. The van der Waals surface area contributed by atoms with Crippen LogP contribution in [0.3, 0.4) is 0 Å². The van der Waals surface area contributed by atoms with Crippen LogP contribution < -0.4 is 10.6 Å². The van der Waals surface area contributed by atoms with Gasteiger partial charge in [0.1, 0.15) is 5.54 Å². The van der Waals surface area contributed by atoms with Crippen LogP contribution in [0.5, 0.6) is 0 Å². The molecule has 1 atom stereocenters. The molecular weight excluding hydrogens is 280 g/mol. The second kappa shape index (κ2) is 6.23. The van der Waals surface area contributed by atoms with Gasteiger partial charge in [0, 0.05) is 26.1 Å². The van der Waals surface area contributed by atoms with Crippen LogP contribution in [0, 0.1) is 0 Å². The maximum Gasteiger partial charge on any atom is 0.329 e. The molecular formula is C13H18N2O4S. The van der Waals surface area contributed by atoms with Gasteiger partial charge in [0.15, 0.2) is 0 Å². The van der Waals surface area contributed by atoms with E-state index >= 15 is 0 Å². The Labute approximate surface area is 121 Å². The first-order valence-electron chi connectivity index (χ1n) is 6.45. The van der Waals surface area contributed by atoms with Crippen LogP contribution in [-0.4, -0.2) is 35.9 Å². The third kappa shape index (κ3) is 3.29. The van der Waals surface area contributed by atoms with Crippen LogP contribution >= 0.6 is 11.3 Å². The molecule has 3 N–H and O–H groups in total. The van der Waals surface area contributed by atoms with Crippen LogP contribution in [0.2, 0.25) is 0 Å². The van der Waals surface area contributed by atoms with Crippen molar-refractivity contribution in [3.05, 3.63) is 22.4 Å². The zero-order chi connectivity index (χ0) is 14.6. The van der Waals surface area contributed by atoms with E-state index in [9.17, 15) is 14.7 Å². The zero-order valence-electron chi connectivity index (χ0n) is 11.2. The third-order valence-electron chi connectivity index (χ3n) is 3.50. The van der Waals surface area contributed by atoms with Crippen molar-refractivity contribution in [3.8, 4) is 0 Å². The lowest BCUT2D eigenvalue weighted by Gasteiger charge is -2.34. The normalized spacial score (nSPS) is 19.1. The molecule has 0 saturated carbocycles. The predicted molar refractivity (Wildman–Crippen MR) is 74.8 cm³/mol. The molecule has 7 heteroatoms. The van der Waals surface area contributed by atoms with Gasteiger partial charge >= 0.3 is 12.0 Å². The number of carbonyl (C=O) groups excluding carboxylic acids is 1. The summed E-state index contributed by atoms with van der Waals surface area (Å²) in [5, 5.41) is 18.6. The van der Waals surface area contributed by atoms with E-state index in [2.05, 4.69) is 10.6 Å². The highest BCUT2D eigenvalue weighted by atomic mass is 32.1. The van der Waals surface area contributed by atoms with Gasteiger partial charge in [-0.2, -0.15) is 11.3 Å². The van der Waals surface area contributed by atoms with Crippen molar-refractivity contribution in [1.29, 1.82) is 0 Å². The van der Waals surface area contributed by atoms with E-state index in [1.54, 1.807) is 11.3 Å². The molecule has 1 aliphatic rings. The summed E-state index contributed by atoms with van der Waals surface area (Å²) in [5.41, 5.74) is -0.224. The number of carboxylic acid groups (broad SMARTS) is 1. The van der Waals surface area contributed by atoms with E-state index in [-0.39, 0.29) is 18.9 Å². The maximum absolute atomic E-state index is 12.0. The minimum absolute atomic E-state index is 0.160. The van der Waals surface area contributed by atoms with E-state index in [1.807, 2.05) is 23.8 Å². The highest BCUT2D eigenvalue weighted by molar-refractivity contribution is 7.07. The van der Waals surface area contributed by atoms with Crippen molar-refractivity contribution >= 4 is 23.3 Å². The van der Waals surface area contributed by atoms with Gasteiger partial charge in [-0.3, -0.25) is 0 Å². The second-order valence-electron chi connectivity index (χ2n) is 4.88. The van der Waals surface area contributed by atoms with Gasteiger partial charge in [-0.15, -0.1) is 0 Å². The largest absolute Gasteiger partial charge is 0.480 e. The Morgan fingerprint density at radius 3 is 2.70 bits per heavy atom. The van der Waals surface area contributed by atoms with Crippen LogP contribution in [0.15, 0.2) is 16.8 Å². The van der Waals surface area contributed by atoms with E-state index in [1.165, 1.54) is 0 Å². The van der Waals surface area contributed by atoms with Gasteiger partial charge < -0.3 is 20.5 Å². The number of urea groups is 1. The quantitative estimate of drug-likeness (QED) is 0.790. The average Bonchev–Trinajstić information content (AvgIpc) is 2.93. The van der Waals surface area contributed by atoms with Crippen molar-refractivity contribution in [3.63, 3.8) is 0 Å². The molecule has 1 fully saturated rings. The fourth-order valence-corrected chi connectivity index (χ4v) is 2.92. The fourth-order valence-electron chi connectivity index (χ4n) is 2.17. The predicted octanol–water partition coefficient (Wildman–Crippen LogP) is 1.74. The smallest absolute Gasteiger partial charge is 0.329 e. The molecule has 1 unspecified atom stereocenters. The minimum Gasteiger partial charge on any atom is -0.480 e. The molecule has 0 aliphatic carbocycles. The Morgan fingerprint density at radius 2 is 2.15 bits per heavy atom. The lowest BCUT2D eigenvalue weighted by Crippen LogP contribution is -2.59. The fraction of sp³-hybridized carbons (Fsp3) is 0.538. The maximum atomic E-state index is 12.0. The first-order chi connectivity index (χ1) is 9.53. The van der Waals surface area contributed by atoms with Gasteiger partial charge in [-0.1, -0.05) is 0 Å². The highest BCUT2D eigenvalue weighted by Gasteiger charge is 2.41. The summed E-state index contributed by atoms with van der Waals surface area (Å²) in [6.07, 6.45) is 0.561. The Bertz CT molecular complexity index is 469. The Balaban J connectivity index is 1.97. The van der Waals surface area contributed by atoms with Crippen LogP contribution in [0.25, 0.3) is 0 Å². The number of hydrogen-bond acceptors (Lipinski definition) is 4. The molecule has 2 heterocycles. The lowest BCUT2D eigenvalue weighted by atomic mass is 9.90. The van der Waals surface area contributed by atoms with E-state index in [4.69, 9.17) is 4.74 Å². The van der Waals surface area contributed by atoms with Crippen molar-refractivity contribution in [2.24, 2.45) is 0 Å². The number of aliphatic carboxylic acids is 1. The van der Waals surface area contributed by atoms with Gasteiger partial charge in [0.05, 0.1) is 6.04 Å². The van der Waals surface area contributed by atoms with Crippen molar-refractivity contribution in [1.82, 2.24) is 10.6 Å². The van der Waals surface area contributed by atoms with Gasteiger partial charge in [0.2, 0.25) is 0 Å². The van der Waals surface area contributed by atoms with Crippen LogP contribution in [0.4, 0.5) is 4.79 Å². The molecule has 2 rings (SSSR count). The number of carboxylic acids is 1. The topological polar surface area (TPSA) is 87.7 Å². The van der Waals surface area contributed by atoms with E-state index in [0.29, 0.717) is 13.2 Å². The number of ether oxygens (including phenoxy) is 1. The molecule has 0 bridgehead atoms. The first-order valence-corrected chi connectivity index (χ1v) is 7.40. The number of carbonyl (C=O) groups is 2. The first kappa shape index (κ1) is 14.8. The Morgan fingerprint density at radius 1 is 1.45 bits per heavy atom. The summed E-state index contributed by atoms with van der Waals surface area (Å²) < 4.78 is 5.16. The molecule has 110 valence electrons. The SMILES string of the molecule is CC(NC(=O)NC1(C(=O)O)CCOCC1)c1ccsc1. The molecule has 0 radical (unpaired) electrons. The third-order valence-corrected chi connectivity index (χ3v) is 4.20. The molecule has 6 nitrogen and oxygen atoms in total. The Hall–Kier alpha value is -1.60. The number of thiophene rings is 1. The summed E-state index contributed by atoms with van der Waals surface area (Å²) in [4.78, 5) is 23.4. The van der Waals surface area contributed by atoms with E-state index in [0.717, 1.165) is 5.56 Å². The van der Waals surface area contributed by atoms with Crippen molar-refractivity contribution in [2.45, 2.75) is 31.3 Å². The highest BCUT2D eigenvalue weighted by Crippen LogP contribution is 2.21. The number of rotatable bonds is 4. The Kier molecular flexibility index (Phi) is 4.61. The number of nitrogens with one attached hydrogen (secondary N) is 2. The monoisotopic (exact) mass is 298 g/mol. The summed E-state index contributed by atoms with van der Waals surface area (Å²) in [6.45, 7) is 2.54. The molecule has 1 aromatic rings. The minimum atomic E-state index is -1.23. The van der Waals surface area contributed by atoms with Gasteiger partial charge in [0.25, 0.3) is 0 Å². The lowest BCUT2D eigenvalue weighted by molar-refractivity contribution is -0.148. The average molecular weight is 298 g/mol. The summed E-state index contributed by atoms with van der Waals surface area (Å²) in [5.74, 6) is -1.01. The molecule has 1 saturated heterocycles. The summed E-state index contributed by atoms with van der Waals surface area (Å²) in [6, 6.07) is 1.30. The van der Waals surface area contributed by atoms with E-state index < -0.39 is 17.5 Å². The molecule has 2 amide bonds. The summed E-state index contributed by atoms with van der Waals surface area (Å²) >= 11 is 1.55. The standard InChI is InChI=1S/C13H18N2O4S/c1-9(10-2-7-20-8-10)14-12(18)15-13(11(16)17)3-5-19-6-4-13/h2,7-9H,3-6H2,1H3,(H,16,17)(H2,14,15,18). The second-order valence-corrected chi connectivity index (χ2v) is 5.66. The van der Waals surface area contributed by atoms with Crippen LogP contribution in [0.1, 0.15) is 31.4 Å². The van der Waals surface area contributed by atoms with Crippen molar-refractivity contribution in [2.75, 3.05) is 13.2 Å². The summed E-state index contributed by atoms with van der Waals surface area (Å²) in [7, 11) is 0. The molecule has 0 spiro atoms. The van der Waals surface area contributed by atoms with Crippen molar-refractivity contribution < 1.29 is 19.4 Å². The molecule has 1 aromatic heterocycles. The van der Waals surface area contributed by atoms with Gasteiger partial charge in [-0.05, 0) is 29.3 Å². The van der Waals surface area contributed by atoms with Crippen LogP contribution in [-0.2, 0) is 9.53 Å². The molecule has 1 aliphatic heterocycles. The zero-order valence-corrected chi connectivity index (χ0v) is 12.0. The van der Waals surface area contributed by atoms with Gasteiger partial charge in [-0.25, -0.2) is 9.59 Å². The molecule has 20 heavy (non-hydrogen) atoms. The number of amides is 2. The molecule has 0 aromatic carbocycles.